The Morgan fingerprint density at radius 2 is 2.35 bits per heavy atom. The van der Waals surface area contributed by atoms with Gasteiger partial charge in [0.1, 0.15) is 6.04 Å². The second kappa shape index (κ2) is 6.86. The highest BCUT2D eigenvalue weighted by Gasteiger charge is 2.12. The minimum absolute atomic E-state index is 0.0596. The van der Waals surface area contributed by atoms with Crippen molar-refractivity contribution in [2.24, 2.45) is 0 Å². The van der Waals surface area contributed by atoms with E-state index < -0.39 is 0 Å². The van der Waals surface area contributed by atoms with E-state index >= 15 is 0 Å². The van der Waals surface area contributed by atoms with Gasteiger partial charge in [-0.05, 0) is 47.7 Å². The zero-order valence-electron chi connectivity index (χ0n) is 9.47. The van der Waals surface area contributed by atoms with Crippen molar-refractivity contribution in [3.63, 3.8) is 0 Å². The van der Waals surface area contributed by atoms with Crippen LogP contribution >= 0.6 is 34.2 Å². The second-order valence-electron chi connectivity index (χ2n) is 3.52. The molecule has 0 bridgehead atoms. The van der Waals surface area contributed by atoms with E-state index in [1.54, 1.807) is 12.1 Å². The first-order valence-corrected chi connectivity index (χ1v) is 6.60. The van der Waals surface area contributed by atoms with E-state index in [1.165, 1.54) is 0 Å². The van der Waals surface area contributed by atoms with Gasteiger partial charge in [0.15, 0.2) is 0 Å². The molecular weight excluding hydrogens is 351 g/mol. The van der Waals surface area contributed by atoms with Gasteiger partial charge in [0.25, 0.3) is 0 Å². The molecule has 1 amide bonds. The number of rotatable bonds is 5. The Morgan fingerprint density at radius 1 is 1.65 bits per heavy atom. The smallest absolute Gasteiger partial charge is 0.242 e. The molecule has 0 aliphatic rings. The predicted octanol–water partition coefficient (Wildman–Crippen LogP) is 3.05. The average Bonchev–Trinajstić information content (AvgIpc) is 2.29. The van der Waals surface area contributed by atoms with Gasteiger partial charge >= 0.3 is 0 Å². The molecule has 2 N–H and O–H groups in total. The molecule has 3 nitrogen and oxygen atoms in total. The summed E-state index contributed by atoms with van der Waals surface area (Å²) in [6, 6.07) is 5.20. The molecule has 0 fully saturated rings. The van der Waals surface area contributed by atoms with E-state index in [9.17, 15) is 4.79 Å². The number of nitrogens with one attached hydrogen (secondary N) is 2. The van der Waals surface area contributed by atoms with Gasteiger partial charge in [0, 0.05) is 20.8 Å². The fourth-order valence-corrected chi connectivity index (χ4v) is 2.26. The summed E-state index contributed by atoms with van der Waals surface area (Å²) in [7, 11) is 0. The van der Waals surface area contributed by atoms with Gasteiger partial charge < -0.3 is 10.6 Å². The summed E-state index contributed by atoms with van der Waals surface area (Å²) in [5, 5.41) is 6.55. The lowest BCUT2D eigenvalue weighted by Crippen LogP contribution is -2.37. The number of carbonyl (C=O) groups is 1. The maximum absolute atomic E-state index is 11.6. The van der Waals surface area contributed by atoms with Crippen LogP contribution in [0.25, 0.3) is 0 Å². The van der Waals surface area contributed by atoms with Crippen LogP contribution in [0, 0.1) is 3.57 Å². The van der Waals surface area contributed by atoms with E-state index in [-0.39, 0.29) is 11.9 Å². The Hall–Kier alpha value is -0.750. The number of benzene rings is 1. The molecule has 0 heterocycles. The van der Waals surface area contributed by atoms with Crippen LogP contribution in [-0.4, -0.2) is 18.5 Å². The summed E-state index contributed by atoms with van der Waals surface area (Å²) in [6.07, 6.45) is 1.65. The van der Waals surface area contributed by atoms with Crippen LogP contribution in [-0.2, 0) is 4.79 Å². The summed E-state index contributed by atoms with van der Waals surface area (Å²) in [4.78, 5) is 11.6. The topological polar surface area (TPSA) is 41.1 Å². The number of anilines is 1. The van der Waals surface area contributed by atoms with Gasteiger partial charge in [-0.25, -0.2) is 0 Å². The maximum Gasteiger partial charge on any atom is 0.242 e. The van der Waals surface area contributed by atoms with Gasteiger partial charge in [-0.3, -0.25) is 4.79 Å². The molecule has 0 saturated heterocycles. The Morgan fingerprint density at radius 3 is 2.94 bits per heavy atom. The van der Waals surface area contributed by atoms with Crippen molar-refractivity contribution >= 4 is 45.8 Å². The minimum Gasteiger partial charge on any atom is -0.373 e. The quantitative estimate of drug-likeness (QED) is 0.623. The molecule has 0 aliphatic carbocycles. The van der Waals surface area contributed by atoms with Crippen LogP contribution in [0.2, 0.25) is 5.02 Å². The SMILES string of the molecule is C=CCNC(=O)C(C)Nc1ccc(Cl)cc1I. The fraction of sp³-hybridized carbons (Fsp3) is 0.250. The van der Waals surface area contributed by atoms with Crippen LogP contribution in [0.5, 0.6) is 0 Å². The molecule has 17 heavy (non-hydrogen) atoms. The highest BCUT2D eigenvalue weighted by molar-refractivity contribution is 14.1. The van der Waals surface area contributed by atoms with Crippen LogP contribution in [0.4, 0.5) is 5.69 Å². The second-order valence-corrected chi connectivity index (χ2v) is 5.12. The van der Waals surface area contributed by atoms with Gasteiger partial charge in [0.2, 0.25) is 5.91 Å². The van der Waals surface area contributed by atoms with Crippen molar-refractivity contribution < 1.29 is 4.79 Å². The maximum atomic E-state index is 11.6. The van der Waals surface area contributed by atoms with E-state index in [1.807, 2.05) is 19.1 Å². The number of halogens is 2. The largest absolute Gasteiger partial charge is 0.373 e. The molecule has 0 radical (unpaired) electrons. The molecule has 0 aliphatic heterocycles. The lowest BCUT2D eigenvalue weighted by molar-refractivity contribution is -0.121. The molecule has 1 unspecified atom stereocenters. The third-order valence-electron chi connectivity index (χ3n) is 2.12. The Balaban J connectivity index is 2.64. The summed E-state index contributed by atoms with van der Waals surface area (Å²) < 4.78 is 0.985. The third kappa shape index (κ3) is 4.55. The van der Waals surface area contributed by atoms with E-state index in [0.29, 0.717) is 11.6 Å². The molecule has 0 aromatic heterocycles. The minimum atomic E-state index is -0.301. The molecular formula is C12H14ClIN2O. The van der Waals surface area contributed by atoms with Crippen molar-refractivity contribution in [1.82, 2.24) is 5.32 Å². The monoisotopic (exact) mass is 364 g/mol. The zero-order chi connectivity index (χ0) is 12.8. The first-order valence-electron chi connectivity index (χ1n) is 5.14. The lowest BCUT2D eigenvalue weighted by Gasteiger charge is -2.15. The van der Waals surface area contributed by atoms with Crippen molar-refractivity contribution in [2.45, 2.75) is 13.0 Å². The predicted molar refractivity (Wildman–Crippen MR) is 80.5 cm³/mol. The molecule has 0 saturated carbocycles. The number of amides is 1. The molecule has 1 aromatic carbocycles. The van der Waals surface area contributed by atoms with E-state index in [4.69, 9.17) is 11.6 Å². The number of hydrogen-bond acceptors (Lipinski definition) is 2. The molecule has 1 aromatic rings. The van der Waals surface area contributed by atoms with Gasteiger partial charge in [-0.15, -0.1) is 6.58 Å². The highest BCUT2D eigenvalue weighted by atomic mass is 127. The summed E-state index contributed by atoms with van der Waals surface area (Å²) in [6.45, 7) is 5.83. The van der Waals surface area contributed by atoms with Gasteiger partial charge in [0.05, 0.1) is 0 Å². The first kappa shape index (κ1) is 14.3. The number of carbonyl (C=O) groups excluding carboxylic acids is 1. The summed E-state index contributed by atoms with van der Waals surface area (Å²) >= 11 is 8.04. The normalized spacial score (nSPS) is 11.7. The highest BCUT2D eigenvalue weighted by Crippen LogP contribution is 2.22. The lowest BCUT2D eigenvalue weighted by atomic mass is 10.2. The third-order valence-corrected chi connectivity index (χ3v) is 3.24. The van der Waals surface area contributed by atoms with Crippen LogP contribution in [0.15, 0.2) is 30.9 Å². The Bertz CT molecular complexity index is 423. The molecule has 0 spiro atoms. The van der Waals surface area contributed by atoms with Gasteiger partial charge in [-0.2, -0.15) is 0 Å². The molecule has 5 heteroatoms. The van der Waals surface area contributed by atoms with Crippen molar-refractivity contribution in [1.29, 1.82) is 0 Å². The van der Waals surface area contributed by atoms with Crippen LogP contribution in [0.1, 0.15) is 6.92 Å². The van der Waals surface area contributed by atoms with Crippen LogP contribution in [0.3, 0.4) is 0 Å². The summed E-state index contributed by atoms with van der Waals surface area (Å²) in [5.74, 6) is -0.0596. The van der Waals surface area contributed by atoms with E-state index in [2.05, 4.69) is 39.8 Å². The van der Waals surface area contributed by atoms with Crippen molar-refractivity contribution in [3.05, 3.63) is 39.4 Å². The van der Waals surface area contributed by atoms with Gasteiger partial charge in [-0.1, -0.05) is 17.7 Å². The average molecular weight is 365 g/mol. The van der Waals surface area contributed by atoms with Crippen molar-refractivity contribution in [2.75, 3.05) is 11.9 Å². The standard InChI is InChI=1S/C12H14ClIN2O/c1-3-6-15-12(17)8(2)16-11-5-4-9(13)7-10(11)14/h3-5,7-8,16H,1,6H2,2H3,(H,15,17). The number of hydrogen-bond donors (Lipinski definition) is 2. The van der Waals surface area contributed by atoms with Crippen molar-refractivity contribution in [3.8, 4) is 0 Å². The fourth-order valence-electron chi connectivity index (χ4n) is 1.23. The Labute approximate surface area is 120 Å². The van der Waals surface area contributed by atoms with Crippen LogP contribution < -0.4 is 10.6 Å². The first-order chi connectivity index (χ1) is 8.04. The zero-order valence-corrected chi connectivity index (χ0v) is 12.4. The molecule has 1 rings (SSSR count). The molecule has 92 valence electrons. The van der Waals surface area contributed by atoms with E-state index in [0.717, 1.165) is 9.26 Å². The summed E-state index contributed by atoms with van der Waals surface area (Å²) in [5.41, 5.74) is 0.899. The Kier molecular flexibility index (Phi) is 5.77. The molecule has 1 atom stereocenters.